The molecule has 0 spiro atoms. The Bertz CT molecular complexity index is 743. The molecule has 0 saturated heterocycles. The van der Waals surface area contributed by atoms with Gasteiger partial charge < -0.3 is 10.3 Å². The molecule has 0 atom stereocenters. The number of hydrogen-bond acceptors (Lipinski definition) is 3. The second kappa shape index (κ2) is 4.93. The maximum atomic E-state index is 11.8. The third kappa shape index (κ3) is 2.62. The minimum atomic E-state index is -0.546. The van der Waals surface area contributed by atoms with Gasteiger partial charge in [-0.1, -0.05) is 12.1 Å². The summed E-state index contributed by atoms with van der Waals surface area (Å²) >= 11 is 0. The molecule has 0 fully saturated rings. The zero-order valence-electron chi connectivity index (χ0n) is 10.4. The maximum absolute atomic E-state index is 11.8. The average Bonchev–Trinajstić information content (AvgIpc) is 2.39. The van der Waals surface area contributed by atoms with Crippen molar-refractivity contribution in [2.75, 3.05) is 0 Å². The third-order valence-corrected chi connectivity index (χ3v) is 2.79. The summed E-state index contributed by atoms with van der Waals surface area (Å²) < 4.78 is 2.42. The molecule has 0 aliphatic carbocycles. The lowest BCUT2D eigenvalue weighted by atomic mass is 10.1. The summed E-state index contributed by atoms with van der Waals surface area (Å²) in [5.74, 6) is -0.546. The fourth-order valence-corrected chi connectivity index (χ4v) is 1.77. The van der Waals surface area contributed by atoms with E-state index in [0.29, 0.717) is 11.1 Å². The van der Waals surface area contributed by atoms with Crippen LogP contribution in [0.1, 0.15) is 15.9 Å². The first-order chi connectivity index (χ1) is 8.99. The van der Waals surface area contributed by atoms with Crippen LogP contribution in [-0.2, 0) is 13.6 Å². The van der Waals surface area contributed by atoms with E-state index < -0.39 is 11.6 Å². The van der Waals surface area contributed by atoms with Crippen molar-refractivity contribution in [2.45, 2.75) is 6.54 Å². The van der Waals surface area contributed by atoms with E-state index in [4.69, 9.17) is 5.73 Å². The molecule has 0 saturated carbocycles. The predicted molar refractivity (Wildman–Crippen MR) is 70.0 cm³/mol. The number of benzene rings is 1. The van der Waals surface area contributed by atoms with Crippen molar-refractivity contribution in [2.24, 2.45) is 12.8 Å². The van der Waals surface area contributed by atoms with Crippen LogP contribution in [0.25, 0.3) is 0 Å². The number of carbonyl (C=O) groups excluding carboxylic acids is 1. The van der Waals surface area contributed by atoms with E-state index >= 15 is 0 Å². The molecule has 0 bridgehead atoms. The Labute approximate surface area is 108 Å². The van der Waals surface area contributed by atoms with Crippen LogP contribution in [-0.4, -0.2) is 15.0 Å². The van der Waals surface area contributed by atoms with E-state index in [0.717, 1.165) is 4.57 Å². The molecule has 0 aliphatic heterocycles. The lowest BCUT2D eigenvalue weighted by Crippen LogP contribution is -2.38. The molecular formula is C13H13N3O3. The summed E-state index contributed by atoms with van der Waals surface area (Å²) in [5.41, 5.74) is 5.41. The number of primary amides is 1. The summed E-state index contributed by atoms with van der Waals surface area (Å²) in [6.07, 6.45) is 1.42. The van der Waals surface area contributed by atoms with E-state index in [1.54, 1.807) is 31.3 Å². The van der Waals surface area contributed by atoms with Gasteiger partial charge in [-0.05, 0) is 17.7 Å². The minimum Gasteiger partial charge on any atom is -0.366 e. The van der Waals surface area contributed by atoms with Gasteiger partial charge in [0.25, 0.3) is 5.56 Å². The van der Waals surface area contributed by atoms with E-state index in [1.165, 1.54) is 16.8 Å². The Morgan fingerprint density at radius 2 is 2.00 bits per heavy atom. The topological polar surface area (TPSA) is 87.1 Å². The Morgan fingerprint density at radius 1 is 1.26 bits per heavy atom. The lowest BCUT2D eigenvalue weighted by molar-refractivity contribution is 0.1000. The van der Waals surface area contributed by atoms with Gasteiger partial charge in [-0.15, -0.1) is 0 Å². The summed E-state index contributed by atoms with van der Waals surface area (Å²) in [7, 11) is 1.57. The van der Waals surface area contributed by atoms with Crippen LogP contribution in [0, 0.1) is 0 Å². The Morgan fingerprint density at radius 3 is 2.68 bits per heavy atom. The van der Waals surface area contributed by atoms with Crippen molar-refractivity contribution in [1.29, 1.82) is 0 Å². The quantitative estimate of drug-likeness (QED) is 0.820. The largest absolute Gasteiger partial charge is 0.366 e. The first-order valence-electron chi connectivity index (χ1n) is 5.64. The van der Waals surface area contributed by atoms with Gasteiger partial charge in [-0.25, -0.2) is 4.79 Å². The highest BCUT2D eigenvalue weighted by molar-refractivity contribution is 5.92. The van der Waals surface area contributed by atoms with Gasteiger partial charge in [0.1, 0.15) is 0 Å². The van der Waals surface area contributed by atoms with Gasteiger partial charge in [-0.3, -0.25) is 14.2 Å². The Balaban J connectivity index is 2.45. The monoisotopic (exact) mass is 259 g/mol. The number of rotatable bonds is 3. The molecule has 0 radical (unpaired) electrons. The normalized spacial score (nSPS) is 10.4. The second-order valence-corrected chi connectivity index (χ2v) is 4.20. The fraction of sp³-hybridized carbons (Fsp3) is 0.154. The molecule has 6 heteroatoms. The molecule has 1 aromatic carbocycles. The van der Waals surface area contributed by atoms with Crippen molar-refractivity contribution in [3.63, 3.8) is 0 Å². The van der Waals surface area contributed by atoms with Gasteiger partial charge in [-0.2, -0.15) is 0 Å². The molecule has 98 valence electrons. The summed E-state index contributed by atoms with van der Waals surface area (Å²) in [4.78, 5) is 34.6. The van der Waals surface area contributed by atoms with Gasteiger partial charge in [0.05, 0.1) is 6.54 Å². The standard InChI is InChI=1S/C13H13N3O3/c1-15-6-5-11(17)16(13(15)19)8-9-3-2-4-10(7-9)12(14)18/h2-7H,8H2,1H3,(H2,14,18). The molecule has 19 heavy (non-hydrogen) atoms. The molecule has 1 aromatic heterocycles. The number of nitrogens with zero attached hydrogens (tertiary/aromatic N) is 2. The number of nitrogens with two attached hydrogens (primary N) is 1. The fourth-order valence-electron chi connectivity index (χ4n) is 1.77. The van der Waals surface area contributed by atoms with E-state index in [9.17, 15) is 14.4 Å². The van der Waals surface area contributed by atoms with E-state index in [2.05, 4.69) is 0 Å². The van der Waals surface area contributed by atoms with Gasteiger partial charge in [0.15, 0.2) is 0 Å². The number of carbonyl (C=O) groups is 1. The van der Waals surface area contributed by atoms with E-state index in [1.807, 2.05) is 0 Å². The van der Waals surface area contributed by atoms with E-state index in [-0.39, 0.29) is 12.1 Å². The molecule has 0 unspecified atom stereocenters. The number of hydrogen-bond donors (Lipinski definition) is 1. The molecule has 1 amide bonds. The summed E-state index contributed by atoms with van der Waals surface area (Å²) in [6.45, 7) is 0.105. The zero-order valence-corrected chi connectivity index (χ0v) is 10.4. The number of amides is 1. The molecule has 2 N–H and O–H groups in total. The first kappa shape index (κ1) is 12.8. The van der Waals surface area contributed by atoms with Gasteiger partial charge in [0.2, 0.25) is 5.91 Å². The summed E-state index contributed by atoms with van der Waals surface area (Å²) in [6, 6.07) is 7.86. The van der Waals surface area contributed by atoms with Crippen molar-refractivity contribution < 1.29 is 4.79 Å². The molecule has 1 heterocycles. The van der Waals surface area contributed by atoms with Crippen LogP contribution in [0.3, 0.4) is 0 Å². The third-order valence-electron chi connectivity index (χ3n) is 2.79. The SMILES string of the molecule is Cn1ccc(=O)n(Cc2cccc(C(N)=O)c2)c1=O. The van der Waals surface area contributed by atoms with Crippen LogP contribution >= 0.6 is 0 Å². The maximum Gasteiger partial charge on any atom is 0.331 e. The van der Waals surface area contributed by atoms with Crippen molar-refractivity contribution in [3.05, 3.63) is 68.5 Å². The summed E-state index contributed by atoms with van der Waals surface area (Å²) in [5, 5.41) is 0. The van der Waals surface area contributed by atoms with Crippen LogP contribution < -0.4 is 17.0 Å². The van der Waals surface area contributed by atoms with Crippen LogP contribution in [0.5, 0.6) is 0 Å². The average molecular weight is 259 g/mol. The predicted octanol–water partition coefficient (Wildman–Crippen LogP) is -0.306. The molecular weight excluding hydrogens is 246 g/mol. The number of aryl methyl sites for hydroxylation is 1. The number of aromatic nitrogens is 2. The van der Waals surface area contributed by atoms with Crippen molar-refractivity contribution >= 4 is 5.91 Å². The second-order valence-electron chi connectivity index (χ2n) is 4.20. The molecule has 0 aliphatic rings. The highest BCUT2D eigenvalue weighted by atomic mass is 16.2. The highest BCUT2D eigenvalue weighted by Crippen LogP contribution is 2.05. The highest BCUT2D eigenvalue weighted by Gasteiger charge is 2.06. The van der Waals surface area contributed by atoms with Crippen LogP contribution in [0.15, 0.2) is 46.1 Å². The zero-order chi connectivity index (χ0) is 14.0. The molecule has 2 rings (SSSR count). The van der Waals surface area contributed by atoms with Crippen LogP contribution in [0.4, 0.5) is 0 Å². The van der Waals surface area contributed by atoms with Crippen LogP contribution in [0.2, 0.25) is 0 Å². The van der Waals surface area contributed by atoms with Gasteiger partial charge >= 0.3 is 5.69 Å². The first-order valence-corrected chi connectivity index (χ1v) is 5.64. The Kier molecular flexibility index (Phi) is 3.33. The lowest BCUT2D eigenvalue weighted by Gasteiger charge is -2.07. The minimum absolute atomic E-state index is 0.105. The Hall–Kier alpha value is -2.63. The molecule has 2 aromatic rings. The molecule has 6 nitrogen and oxygen atoms in total. The smallest absolute Gasteiger partial charge is 0.331 e. The van der Waals surface area contributed by atoms with Gasteiger partial charge in [0, 0.05) is 24.9 Å². The van der Waals surface area contributed by atoms with Crippen molar-refractivity contribution in [1.82, 2.24) is 9.13 Å². The van der Waals surface area contributed by atoms with Crippen molar-refractivity contribution in [3.8, 4) is 0 Å².